The second-order valence-electron chi connectivity index (χ2n) is 6.76. The van der Waals surface area contributed by atoms with Gasteiger partial charge >= 0.3 is 0 Å². The van der Waals surface area contributed by atoms with E-state index >= 15 is 0 Å². The van der Waals surface area contributed by atoms with Crippen LogP contribution >= 0.6 is 22.9 Å². The van der Waals surface area contributed by atoms with E-state index in [0.717, 1.165) is 16.8 Å². The SMILES string of the molecule is CC(=O)Nc1ccc(-c2csc3nc(NC(=O)COc4ccc(Cl)c(C)c4)nn23)cc1. The van der Waals surface area contributed by atoms with Gasteiger partial charge in [-0.1, -0.05) is 23.7 Å². The predicted molar refractivity (Wildman–Crippen MR) is 121 cm³/mol. The summed E-state index contributed by atoms with van der Waals surface area (Å²) in [7, 11) is 0. The summed E-state index contributed by atoms with van der Waals surface area (Å²) >= 11 is 7.40. The van der Waals surface area contributed by atoms with Gasteiger partial charge in [0.1, 0.15) is 5.75 Å². The molecule has 0 saturated heterocycles. The monoisotopic (exact) mass is 455 g/mol. The first-order valence-electron chi connectivity index (χ1n) is 9.30. The molecule has 2 amide bonds. The van der Waals surface area contributed by atoms with Gasteiger partial charge in [-0.05, 0) is 42.8 Å². The van der Waals surface area contributed by atoms with Crippen molar-refractivity contribution in [1.29, 1.82) is 0 Å². The van der Waals surface area contributed by atoms with Gasteiger partial charge in [-0.3, -0.25) is 14.9 Å². The molecule has 0 unspecified atom stereocenters. The summed E-state index contributed by atoms with van der Waals surface area (Å²) in [6, 6.07) is 12.6. The minimum Gasteiger partial charge on any atom is -0.484 e. The second-order valence-corrected chi connectivity index (χ2v) is 8.00. The smallest absolute Gasteiger partial charge is 0.264 e. The van der Waals surface area contributed by atoms with Crippen molar-refractivity contribution in [2.75, 3.05) is 17.2 Å². The maximum Gasteiger partial charge on any atom is 0.264 e. The Bertz CT molecular complexity index is 1270. The Hall–Kier alpha value is -3.43. The van der Waals surface area contributed by atoms with E-state index in [-0.39, 0.29) is 24.4 Å². The normalized spacial score (nSPS) is 10.8. The van der Waals surface area contributed by atoms with Crippen molar-refractivity contribution in [3.05, 3.63) is 58.4 Å². The number of nitrogens with zero attached hydrogens (tertiary/aromatic N) is 3. The number of benzene rings is 2. The number of ether oxygens (including phenoxy) is 1. The Morgan fingerprint density at radius 1 is 1.16 bits per heavy atom. The number of hydrogen-bond acceptors (Lipinski definition) is 6. The fourth-order valence-electron chi connectivity index (χ4n) is 2.88. The maximum atomic E-state index is 12.2. The number of aryl methyl sites for hydroxylation is 1. The number of hydrogen-bond donors (Lipinski definition) is 2. The van der Waals surface area contributed by atoms with Crippen molar-refractivity contribution in [3.8, 4) is 17.0 Å². The zero-order valence-electron chi connectivity index (χ0n) is 16.7. The molecule has 0 aliphatic carbocycles. The standard InChI is InChI=1S/C21H18ClN5O3S/c1-12-9-16(7-8-17(12)22)30-10-19(29)24-20-25-21-27(26-20)18(11-31-21)14-3-5-15(6-4-14)23-13(2)28/h3-9,11H,10H2,1-2H3,(H,23,28)(H,24,26,29). The van der Waals surface area contributed by atoms with E-state index in [4.69, 9.17) is 16.3 Å². The molecule has 31 heavy (non-hydrogen) atoms. The second kappa shape index (κ2) is 8.75. The summed E-state index contributed by atoms with van der Waals surface area (Å²) in [4.78, 5) is 28.4. The van der Waals surface area contributed by atoms with E-state index in [1.54, 1.807) is 22.7 Å². The quantitative estimate of drug-likeness (QED) is 0.449. The molecule has 2 heterocycles. The summed E-state index contributed by atoms with van der Waals surface area (Å²) in [5.41, 5.74) is 3.32. The third kappa shape index (κ3) is 4.84. The van der Waals surface area contributed by atoms with Crippen LogP contribution in [0, 0.1) is 6.92 Å². The Kier molecular flexibility index (Phi) is 5.88. The number of nitrogens with one attached hydrogen (secondary N) is 2. The predicted octanol–water partition coefficient (Wildman–Crippen LogP) is 4.40. The summed E-state index contributed by atoms with van der Waals surface area (Å²) in [6.45, 7) is 3.15. The van der Waals surface area contributed by atoms with Gasteiger partial charge in [0.05, 0.1) is 5.69 Å². The molecule has 10 heteroatoms. The van der Waals surface area contributed by atoms with Crippen LogP contribution in [0.5, 0.6) is 5.75 Å². The van der Waals surface area contributed by atoms with Crippen molar-refractivity contribution in [2.24, 2.45) is 0 Å². The van der Waals surface area contributed by atoms with E-state index in [0.29, 0.717) is 21.4 Å². The molecular weight excluding hydrogens is 438 g/mol. The van der Waals surface area contributed by atoms with Crippen LogP contribution in [-0.4, -0.2) is 33.0 Å². The highest BCUT2D eigenvalue weighted by Crippen LogP contribution is 2.27. The average Bonchev–Trinajstić information content (AvgIpc) is 3.29. The number of amides is 2. The zero-order valence-corrected chi connectivity index (χ0v) is 18.3. The first-order chi connectivity index (χ1) is 14.9. The van der Waals surface area contributed by atoms with Gasteiger partial charge in [-0.25, -0.2) is 4.52 Å². The number of carbonyl (C=O) groups excluding carboxylic acids is 2. The minimum absolute atomic E-state index is 0.127. The molecule has 158 valence electrons. The number of rotatable bonds is 6. The summed E-state index contributed by atoms with van der Waals surface area (Å²) < 4.78 is 7.17. The van der Waals surface area contributed by atoms with Crippen LogP contribution in [-0.2, 0) is 9.59 Å². The largest absolute Gasteiger partial charge is 0.484 e. The van der Waals surface area contributed by atoms with Crippen molar-refractivity contribution >= 4 is 51.3 Å². The lowest BCUT2D eigenvalue weighted by molar-refractivity contribution is -0.118. The van der Waals surface area contributed by atoms with Crippen molar-refractivity contribution in [1.82, 2.24) is 14.6 Å². The molecule has 0 aliphatic heterocycles. The van der Waals surface area contributed by atoms with Crippen LogP contribution in [0.4, 0.5) is 11.6 Å². The van der Waals surface area contributed by atoms with Crippen LogP contribution in [0.2, 0.25) is 5.02 Å². The fourth-order valence-corrected chi connectivity index (χ4v) is 3.83. The Balaban J connectivity index is 1.43. The van der Waals surface area contributed by atoms with Crippen LogP contribution in [0.25, 0.3) is 16.2 Å². The average molecular weight is 456 g/mol. The molecule has 0 spiro atoms. The molecule has 8 nitrogen and oxygen atoms in total. The Labute approximate surface area is 186 Å². The van der Waals surface area contributed by atoms with E-state index in [2.05, 4.69) is 20.7 Å². The van der Waals surface area contributed by atoms with E-state index in [9.17, 15) is 9.59 Å². The zero-order chi connectivity index (χ0) is 22.0. The molecule has 0 aliphatic rings. The lowest BCUT2D eigenvalue weighted by atomic mass is 10.1. The van der Waals surface area contributed by atoms with Gasteiger partial charge in [0.25, 0.3) is 11.9 Å². The van der Waals surface area contributed by atoms with E-state index < -0.39 is 0 Å². The third-order valence-corrected chi connectivity index (χ3v) is 5.57. The van der Waals surface area contributed by atoms with Crippen molar-refractivity contribution < 1.29 is 14.3 Å². The molecule has 2 aromatic heterocycles. The molecule has 0 fully saturated rings. The van der Waals surface area contributed by atoms with Gasteiger partial charge in [0.15, 0.2) is 6.61 Å². The number of halogens is 1. The number of carbonyl (C=O) groups is 2. The molecular formula is C21H18ClN5O3S. The molecule has 4 aromatic rings. The summed E-state index contributed by atoms with van der Waals surface area (Å²) in [5, 5.41) is 12.3. The minimum atomic E-state index is -0.368. The Morgan fingerprint density at radius 2 is 1.94 bits per heavy atom. The van der Waals surface area contributed by atoms with E-state index in [1.807, 2.05) is 36.6 Å². The van der Waals surface area contributed by atoms with Crippen LogP contribution in [0.3, 0.4) is 0 Å². The highest BCUT2D eigenvalue weighted by Gasteiger charge is 2.14. The van der Waals surface area contributed by atoms with E-state index in [1.165, 1.54) is 18.3 Å². The number of aromatic nitrogens is 3. The topological polar surface area (TPSA) is 97.6 Å². The molecule has 0 atom stereocenters. The van der Waals surface area contributed by atoms with Crippen LogP contribution < -0.4 is 15.4 Å². The highest BCUT2D eigenvalue weighted by molar-refractivity contribution is 7.15. The molecule has 0 radical (unpaired) electrons. The lowest BCUT2D eigenvalue weighted by Crippen LogP contribution is -2.21. The third-order valence-electron chi connectivity index (χ3n) is 4.33. The molecule has 2 N–H and O–H groups in total. The summed E-state index contributed by atoms with van der Waals surface area (Å²) in [5.74, 6) is 0.259. The first-order valence-corrected chi connectivity index (χ1v) is 10.6. The molecule has 4 rings (SSSR count). The van der Waals surface area contributed by atoms with Gasteiger partial charge in [0, 0.05) is 28.6 Å². The fraction of sp³-hybridized carbons (Fsp3) is 0.143. The number of fused-ring (bicyclic) bond motifs is 1. The van der Waals surface area contributed by atoms with Crippen molar-refractivity contribution in [2.45, 2.75) is 13.8 Å². The van der Waals surface area contributed by atoms with Gasteiger partial charge in [-0.15, -0.1) is 16.4 Å². The molecule has 0 saturated carbocycles. The van der Waals surface area contributed by atoms with Crippen LogP contribution in [0.1, 0.15) is 12.5 Å². The molecule has 0 bridgehead atoms. The van der Waals surface area contributed by atoms with Crippen LogP contribution in [0.15, 0.2) is 47.8 Å². The lowest BCUT2D eigenvalue weighted by Gasteiger charge is -2.07. The summed E-state index contributed by atoms with van der Waals surface area (Å²) in [6.07, 6.45) is 0. The van der Waals surface area contributed by atoms with Crippen molar-refractivity contribution in [3.63, 3.8) is 0 Å². The molecule has 2 aromatic carbocycles. The Morgan fingerprint density at radius 3 is 2.65 bits per heavy atom. The highest BCUT2D eigenvalue weighted by atomic mass is 35.5. The maximum absolute atomic E-state index is 12.2. The van der Waals surface area contributed by atoms with Gasteiger partial charge in [-0.2, -0.15) is 4.98 Å². The number of thiazole rings is 1. The number of anilines is 2. The van der Waals surface area contributed by atoms with Gasteiger partial charge in [0.2, 0.25) is 10.9 Å². The first kappa shape index (κ1) is 20.8. The van der Waals surface area contributed by atoms with Gasteiger partial charge < -0.3 is 10.1 Å².